The van der Waals surface area contributed by atoms with E-state index in [-0.39, 0.29) is 16.4 Å². The molecule has 0 saturated heterocycles. The number of hydrogen-bond acceptors (Lipinski definition) is 8. The van der Waals surface area contributed by atoms with Gasteiger partial charge in [0.2, 0.25) is 10.0 Å². The Labute approximate surface area is 183 Å². The Morgan fingerprint density at radius 2 is 1.54 bits per heavy atom. The van der Waals surface area contributed by atoms with Crippen molar-refractivity contribution in [1.29, 1.82) is 0 Å². The van der Waals surface area contributed by atoms with Crippen molar-refractivity contribution in [2.45, 2.75) is 16.7 Å². The third kappa shape index (κ3) is 8.92. The SMILES string of the molecule is CCOC(=O)CNS(=O)(=O)c1cncc(Br)c1.O=S(=O)(Cl)c1cncc(Br)c1. The fourth-order valence-corrected chi connectivity index (χ4v) is 4.21. The molecule has 2 rings (SSSR count). The van der Waals surface area contributed by atoms with Crippen LogP contribution in [0.2, 0.25) is 0 Å². The third-order valence-electron chi connectivity index (χ3n) is 2.66. The number of sulfonamides is 1. The quantitative estimate of drug-likeness (QED) is 0.408. The highest BCUT2D eigenvalue weighted by molar-refractivity contribution is 9.10. The van der Waals surface area contributed by atoms with Gasteiger partial charge < -0.3 is 4.74 Å². The van der Waals surface area contributed by atoms with Gasteiger partial charge in [-0.15, -0.1) is 0 Å². The minimum atomic E-state index is -3.74. The molecule has 0 aliphatic carbocycles. The zero-order valence-corrected chi connectivity index (χ0v) is 19.7. The van der Waals surface area contributed by atoms with E-state index >= 15 is 0 Å². The second-order valence-electron chi connectivity index (χ2n) is 4.75. The Morgan fingerprint density at radius 3 is 1.96 bits per heavy atom. The van der Waals surface area contributed by atoms with Gasteiger partial charge in [0.1, 0.15) is 16.3 Å². The van der Waals surface area contributed by atoms with Gasteiger partial charge in [0.25, 0.3) is 9.05 Å². The molecule has 0 bridgehead atoms. The molecular formula is C14H14Br2ClN3O6S2. The van der Waals surface area contributed by atoms with Gasteiger partial charge >= 0.3 is 5.97 Å². The highest BCUT2D eigenvalue weighted by Gasteiger charge is 2.16. The van der Waals surface area contributed by atoms with Crippen LogP contribution in [0.5, 0.6) is 0 Å². The van der Waals surface area contributed by atoms with Crippen molar-refractivity contribution in [1.82, 2.24) is 14.7 Å². The van der Waals surface area contributed by atoms with E-state index in [1.54, 1.807) is 6.92 Å². The molecule has 154 valence electrons. The van der Waals surface area contributed by atoms with E-state index < -0.39 is 31.6 Å². The average molecular weight is 580 g/mol. The summed E-state index contributed by atoms with van der Waals surface area (Å²) in [5.41, 5.74) is 0. The van der Waals surface area contributed by atoms with E-state index in [9.17, 15) is 21.6 Å². The number of pyridine rings is 2. The molecule has 0 amide bonds. The minimum Gasteiger partial charge on any atom is -0.465 e. The largest absolute Gasteiger partial charge is 0.465 e. The van der Waals surface area contributed by atoms with Gasteiger partial charge in [0, 0.05) is 44.4 Å². The van der Waals surface area contributed by atoms with E-state index in [0.29, 0.717) is 8.95 Å². The minimum absolute atomic E-state index is 0.00598. The first-order chi connectivity index (χ1) is 13.0. The lowest BCUT2D eigenvalue weighted by Gasteiger charge is -2.06. The summed E-state index contributed by atoms with van der Waals surface area (Å²) in [4.78, 5) is 18.4. The molecule has 0 radical (unpaired) electrons. The number of hydrogen-bond donors (Lipinski definition) is 1. The molecule has 9 nitrogen and oxygen atoms in total. The lowest BCUT2D eigenvalue weighted by Crippen LogP contribution is -2.30. The lowest BCUT2D eigenvalue weighted by molar-refractivity contribution is -0.141. The number of nitrogens with zero attached hydrogens (tertiary/aromatic N) is 2. The molecule has 0 aromatic carbocycles. The van der Waals surface area contributed by atoms with Gasteiger partial charge in [0.15, 0.2) is 0 Å². The second kappa shape index (κ2) is 11.2. The number of carbonyl (C=O) groups excluding carboxylic acids is 1. The summed E-state index contributed by atoms with van der Waals surface area (Å²) in [7, 11) is -2.34. The number of rotatable bonds is 6. The van der Waals surface area contributed by atoms with Crippen LogP contribution in [0.4, 0.5) is 0 Å². The Kier molecular flexibility index (Phi) is 9.94. The van der Waals surface area contributed by atoms with E-state index in [0.717, 1.165) is 0 Å². The smallest absolute Gasteiger partial charge is 0.321 e. The maximum absolute atomic E-state index is 11.7. The maximum atomic E-state index is 11.7. The molecule has 2 heterocycles. The van der Waals surface area contributed by atoms with Gasteiger partial charge in [-0.05, 0) is 50.9 Å². The van der Waals surface area contributed by atoms with Crippen LogP contribution in [0.1, 0.15) is 6.92 Å². The number of aromatic nitrogens is 2. The molecule has 2 aromatic heterocycles. The molecule has 28 heavy (non-hydrogen) atoms. The van der Waals surface area contributed by atoms with Crippen LogP contribution in [-0.4, -0.2) is 45.9 Å². The summed E-state index contributed by atoms with van der Waals surface area (Å²) in [6.45, 7) is 1.45. The molecule has 0 aliphatic heterocycles. The monoisotopic (exact) mass is 577 g/mol. The van der Waals surface area contributed by atoms with Crippen LogP contribution in [0.3, 0.4) is 0 Å². The number of carbonyl (C=O) groups is 1. The first-order valence-electron chi connectivity index (χ1n) is 7.26. The summed E-state index contributed by atoms with van der Waals surface area (Å²) in [5, 5.41) is 0. The van der Waals surface area contributed by atoms with Crippen molar-refractivity contribution < 1.29 is 26.4 Å². The Balaban J connectivity index is 0.000000307. The summed E-state index contributed by atoms with van der Waals surface area (Å²) >= 11 is 6.18. The first-order valence-corrected chi connectivity index (χ1v) is 12.6. The van der Waals surface area contributed by atoms with E-state index in [4.69, 9.17) is 10.7 Å². The normalized spacial score (nSPS) is 11.3. The molecule has 1 N–H and O–H groups in total. The Hall–Kier alpha value is -1.12. The maximum Gasteiger partial charge on any atom is 0.321 e. The Morgan fingerprint density at radius 1 is 1.04 bits per heavy atom. The van der Waals surface area contributed by atoms with Crippen LogP contribution in [0, 0.1) is 0 Å². The summed E-state index contributed by atoms with van der Waals surface area (Å²) in [6.07, 6.45) is 5.32. The predicted molar refractivity (Wildman–Crippen MR) is 109 cm³/mol. The molecule has 0 fully saturated rings. The molecular weight excluding hydrogens is 566 g/mol. The van der Waals surface area contributed by atoms with Crippen molar-refractivity contribution in [3.63, 3.8) is 0 Å². The summed E-state index contributed by atoms with van der Waals surface area (Å²) in [6, 6.07) is 2.77. The van der Waals surface area contributed by atoms with Crippen molar-refractivity contribution in [2.24, 2.45) is 0 Å². The van der Waals surface area contributed by atoms with Crippen LogP contribution >= 0.6 is 42.5 Å². The van der Waals surface area contributed by atoms with E-state index in [1.807, 2.05) is 0 Å². The van der Waals surface area contributed by atoms with Gasteiger partial charge in [-0.3, -0.25) is 14.8 Å². The molecule has 14 heteroatoms. The van der Waals surface area contributed by atoms with Crippen molar-refractivity contribution in [3.8, 4) is 0 Å². The van der Waals surface area contributed by atoms with Crippen molar-refractivity contribution in [3.05, 3.63) is 45.9 Å². The zero-order chi connectivity index (χ0) is 21.4. The highest BCUT2D eigenvalue weighted by Crippen LogP contribution is 2.17. The van der Waals surface area contributed by atoms with Gasteiger partial charge in [-0.1, -0.05) is 0 Å². The number of halogens is 3. The molecule has 2 aromatic rings. The van der Waals surface area contributed by atoms with Crippen LogP contribution < -0.4 is 4.72 Å². The summed E-state index contributed by atoms with van der Waals surface area (Å²) in [5.74, 6) is -0.626. The number of nitrogens with one attached hydrogen (secondary N) is 1. The van der Waals surface area contributed by atoms with Crippen molar-refractivity contribution in [2.75, 3.05) is 13.2 Å². The van der Waals surface area contributed by atoms with E-state index in [2.05, 4.69) is 51.3 Å². The van der Waals surface area contributed by atoms with Gasteiger partial charge in [-0.2, -0.15) is 4.72 Å². The van der Waals surface area contributed by atoms with Crippen LogP contribution in [-0.2, 0) is 28.6 Å². The van der Waals surface area contributed by atoms with Crippen molar-refractivity contribution >= 4 is 67.6 Å². The van der Waals surface area contributed by atoms with Gasteiger partial charge in [-0.25, -0.2) is 16.8 Å². The predicted octanol–water partition coefficient (Wildman–Crippen LogP) is 2.46. The summed E-state index contributed by atoms with van der Waals surface area (Å²) < 4.78 is 52.7. The number of ether oxygens (including phenoxy) is 1. The highest BCUT2D eigenvalue weighted by atomic mass is 79.9. The molecule has 0 unspecified atom stereocenters. The van der Waals surface area contributed by atoms with Gasteiger partial charge in [0.05, 0.1) is 6.61 Å². The second-order valence-corrected chi connectivity index (χ2v) is 10.9. The topological polar surface area (TPSA) is 132 Å². The Bertz CT molecular complexity index is 1030. The molecule has 0 spiro atoms. The molecule has 0 aliphatic rings. The third-order valence-corrected chi connectivity index (χ3v) is 6.22. The first kappa shape index (κ1) is 24.9. The van der Waals surface area contributed by atoms with E-state index in [1.165, 1.54) is 36.9 Å². The number of esters is 1. The molecule has 0 saturated carbocycles. The fraction of sp³-hybridized carbons (Fsp3) is 0.214. The van der Waals surface area contributed by atoms with Crippen LogP contribution in [0.15, 0.2) is 55.7 Å². The molecule has 0 atom stereocenters. The van der Waals surface area contributed by atoms with Crippen LogP contribution in [0.25, 0.3) is 0 Å². The fourth-order valence-electron chi connectivity index (χ4n) is 1.51. The standard InChI is InChI=1S/C9H11BrN2O4S.C5H3BrClNO2S/c1-2-16-9(13)6-12-17(14,15)8-3-7(10)4-11-5-8;6-4-1-5(3-8-2-4)11(7,9)10/h3-5,12H,2,6H2,1H3;1-3H. The lowest BCUT2D eigenvalue weighted by atomic mass is 10.5. The zero-order valence-electron chi connectivity index (χ0n) is 14.2. The average Bonchev–Trinajstić information content (AvgIpc) is 2.60.